The number of hydrogen-bond donors (Lipinski definition) is 2. The number of carboxylic acid groups (broad SMARTS) is 2. The molecule has 0 saturated carbocycles. The second-order valence-corrected chi connectivity index (χ2v) is 3.37. The molecule has 2 atom stereocenters. The fraction of sp³-hybridized carbons (Fsp3) is 0.714. The third-order valence-corrected chi connectivity index (χ3v) is 2.14. The molecule has 1 rings (SSSR count). The van der Waals surface area contributed by atoms with Crippen molar-refractivity contribution in [3.8, 4) is 0 Å². The second-order valence-electron chi connectivity index (χ2n) is 3.37. The Bertz CT molecular complexity index is 236. The first-order valence-electron chi connectivity index (χ1n) is 3.60. The third-order valence-electron chi connectivity index (χ3n) is 2.14. The van der Waals surface area contributed by atoms with Gasteiger partial charge in [-0.1, -0.05) is 0 Å². The van der Waals surface area contributed by atoms with E-state index in [4.69, 9.17) is 10.2 Å². The zero-order valence-corrected chi connectivity index (χ0v) is 6.94. The average molecular weight is 173 g/mol. The standard InChI is InChI=1S/C7H11NO4/c1-7(2,6(11)12)8-3-4(8)5(9)10/h4H,3H2,1-2H3,(H,9,10)(H,11,12). The van der Waals surface area contributed by atoms with E-state index in [2.05, 4.69) is 0 Å². The van der Waals surface area contributed by atoms with Gasteiger partial charge < -0.3 is 10.2 Å². The van der Waals surface area contributed by atoms with Crippen molar-refractivity contribution in [1.82, 2.24) is 4.90 Å². The van der Waals surface area contributed by atoms with E-state index in [1.807, 2.05) is 0 Å². The molecule has 1 fully saturated rings. The molecule has 1 aliphatic rings. The Balaban J connectivity index is 2.64. The van der Waals surface area contributed by atoms with Crippen molar-refractivity contribution in [2.45, 2.75) is 25.4 Å². The molecule has 1 aliphatic heterocycles. The summed E-state index contributed by atoms with van der Waals surface area (Å²) in [5.41, 5.74) is -1.07. The summed E-state index contributed by atoms with van der Waals surface area (Å²) in [6.07, 6.45) is 0. The van der Waals surface area contributed by atoms with Crippen LogP contribution >= 0.6 is 0 Å². The summed E-state index contributed by atoms with van der Waals surface area (Å²) in [6.45, 7) is 3.32. The number of aliphatic carboxylic acids is 2. The van der Waals surface area contributed by atoms with Crippen molar-refractivity contribution < 1.29 is 19.8 Å². The smallest absolute Gasteiger partial charge is 0.323 e. The fourth-order valence-electron chi connectivity index (χ4n) is 1.09. The molecule has 0 spiro atoms. The Labute approximate surface area is 69.6 Å². The van der Waals surface area contributed by atoms with Gasteiger partial charge in [-0.05, 0) is 13.8 Å². The molecule has 2 N–H and O–H groups in total. The molecule has 0 aromatic carbocycles. The van der Waals surface area contributed by atoms with Crippen LogP contribution in [0.4, 0.5) is 0 Å². The number of hydrogen-bond acceptors (Lipinski definition) is 3. The van der Waals surface area contributed by atoms with E-state index in [9.17, 15) is 9.59 Å². The monoisotopic (exact) mass is 173 g/mol. The summed E-state index contributed by atoms with van der Waals surface area (Å²) in [5, 5.41) is 17.3. The van der Waals surface area contributed by atoms with E-state index >= 15 is 0 Å². The highest BCUT2D eigenvalue weighted by Gasteiger charge is 2.52. The van der Waals surface area contributed by atoms with Crippen LogP contribution in [0.3, 0.4) is 0 Å². The number of carbonyl (C=O) groups is 2. The molecule has 1 saturated heterocycles. The van der Waals surface area contributed by atoms with Crippen LogP contribution in [0.1, 0.15) is 13.8 Å². The average Bonchev–Trinajstić information content (AvgIpc) is 2.63. The maximum atomic E-state index is 10.6. The molecular weight excluding hydrogens is 162 g/mol. The highest BCUT2D eigenvalue weighted by Crippen LogP contribution is 2.29. The first-order valence-corrected chi connectivity index (χ1v) is 3.60. The molecule has 5 nitrogen and oxygen atoms in total. The molecule has 0 amide bonds. The van der Waals surface area contributed by atoms with Gasteiger partial charge in [0.05, 0.1) is 0 Å². The van der Waals surface area contributed by atoms with Crippen LogP contribution in [0.25, 0.3) is 0 Å². The Morgan fingerprint density at radius 3 is 2.17 bits per heavy atom. The lowest BCUT2D eigenvalue weighted by Crippen LogP contribution is -2.41. The predicted octanol–water partition coefficient (Wildman–Crippen LogP) is -0.382. The minimum atomic E-state index is -1.07. The van der Waals surface area contributed by atoms with E-state index in [0.717, 1.165) is 0 Å². The molecule has 5 heteroatoms. The Morgan fingerprint density at radius 2 is 1.92 bits per heavy atom. The molecule has 0 radical (unpaired) electrons. The molecular formula is C7H11NO4. The zero-order chi connectivity index (χ0) is 9.52. The summed E-state index contributed by atoms with van der Waals surface area (Å²) in [4.78, 5) is 22.5. The van der Waals surface area contributed by atoms with Crippen LogP contribution in [-0.2, 0) is 9.59 Å². The van der Waals surface area contributed by atoms with Crippen LogP contribution < -0.4 is 0 Å². The van der Waals surface area contributed by atoms with Gasteiger partial charge in [-0.25, -0.2) is 0 Å². The first-order chi connectivity index (χ1) is 5.37. The van der Waals surface area contributed by atoms with E-state index in [1.54, 1.807) is 0 Å². The molecule has 0 bridgehead atoms. The lowest BCUT2D eigenvalue weighted by Gasteiger charge is -2.20. The van der Waals surface area contributed by atoms with Crippen molar-refractivity contribution in [3.05, 3.63) is 0 Å². The Hall–Kier alpha value is -1.10. The van der Waals surface area contributed by atoms with Gasteiger partial charge >= 0.3 is 11.9 Å². The van der Waals surface area contributed by atoms with E-state index in [-0.39, 0.29) is 0 Å². The normalized spacial score (nSPS) is 28.2. The van der Waals surface area contributed by atoms with Crippen LogP contribution in [0.5, 0.6) is 0 Å². The molecule has 0 aromatic heterocycles. The SMILES string of the molecule is CC(C)(C(=O)O)N1CC1C(=O)O. The molecule has 1 heterocycles. The topological polar surface area (TPSA) is 77.6 Å². The lowest BCUT2D eigenvalue weighted by molar-refractivity contribution is -0.147. The fourth-order valence-corrected chi connectivity index (χ4v) is 1.09. The number of rotatable bonds is 3. The van der Waals surface area contributed by atoms with Gasteiger partial charge in [0.2, 0.25) is 0 Å². The third kappa shape index (κ3) is 1.27. The van der Waals surface area contributed by atoms with Crippen LogP contribution in [0.2, 0.25) is 0 Å². The summed E-state index contributed by atoms with van der Waals surface area (Å²) in [5.74, 6) is -1.95. The van der Waals surface area contributed by atoms with Gasteiger partial charge in [-0.2, -0.15) is 0 Å². The Kier molecular flexibility index (Phi) is 1.83. The van der Waals surface area contributed by atoms with Gasteiger partial charge in [0, 0.05) is 6.54 Å². The minimum Gasteiger partial charge on any atom is -0.480 e. The van der Waals surface area contributed by atoms with E-state index in [0.29, 0.717) is 6.54 Å². The highest BCUT2D eigenvalue weighted by atomic mass is 16.4. The molecule has 2 unspecified atom stereocenters. The Morgan fingerprint density at radius 1 is 1.42 bits per heavy atom. The molecule has 12 heavy (non-hydrogen) atoms. The van der Waals surface area contributed by atoms with Gasteiger partial charge in [0.15, 0.2) is 0 Å². The summed E-state index contributed by atoms with van der Waals surface area (Å²) in [7, 11) is 0. The van der Waals surface area contributed by atoms with Crippen molar-refractivity contribution in [1.29, 1.82) is 0 Å². The lowest BCUT2D eigenvalue weighted by atomic mass is 10.1. The van der Waals surface area contributed by atoms with Crippen molar-refractivity contribution in [2.75, 3.05) is 6.54 Å². The first kappa shape index (κ1) is 8.99. The van der Waals surface area contributed by atoms with Crippen LogP contribution in [-0.4, -0.2) is 45.2 Å². The largest absolute Gasteiger partial charge is 0.480 e. The van der Waals surface area contributed by atoms with Gasteiger partial charge in [0.1, 0.15) is 11.6 Å². The van der Waals surface area contributed by atoms with Crippen LogP contribution in [0, 0.1) is 0 Å². The maximum Gasteiger partial charge on any atom is 0.323 e. The van der Waals surface area contributed by atoms with E-state index < -0.39 is 23.5 Å². The second kappa shape index (κ2) is 2.45. The van der Waals surface area contributed by atoms with Crippen molar-refractivity contribution in [2.24, 2.45) is 0 Å². The molecule has 0 aliphatic carbocycles. The van der Waals surface area contributed by atoms with Crippen molar-refractivity contribution >= 4 is 11.9 Å². The predicted molar refractivity (Wildman–Crippen MR) is 39.8 cm³/mol. The highest BCUT2D eigenvalue weighted by molar-refractivity contribution is 5.83. The molecule has 0 aromatic rings. The summed E-state index contributed by atoms with van der Waals surface area (Å²) >= 11 is 0. The minimum absolute atomic E-state index is 0.328. The van der Waals surface area contributed by atoms with E-state index in [1.165, 1.54) is 18.7 Å². The number of carboxylic acids is 2. The zero-order valence-electron chi connectivity index (χ0n) is 6.94. The van der Waals surface area contributed by atoms with Crippen LogP contribution in [0.15, 0.2) is 0 Å². The van der Waals surface area contributed by atoms with Gasteiger partial charge in [-0.3, -0.25) is 14.5 Å². The van der Waals surface area contributed by atoms with Crippen molar-refractivity contribution in [3.63, 3.8) is 0 Å². The summed E-state index contributed by atoms with van der Waals surface area (Å²) < 4.78 is 0. The maximum absolute atomic E-state index is 10.6. The summed E-state index contributed by atoms with van der Waals surface area (Å²) in [6, 6.07) is -0.615. The number of nitrogens with zero attached hydrogens (tertiary/aromatic N) is 1. The quantitative estimate of drug-likeness (QED) is 0.569. The molecule has 68 valence electrons. The van der Waals surface area contributed by atoms with Gasteiger partial charge in [-0.15, -0.1) is 0 Å². The van der Waals surface area contributed by atoms with Gasteiger partial charge in [0.25, 0.3) is 0 Å².